The number of carboxylic acids is 1. The van der Waals surface area contributed by atoms with Crippen molar-refractivity contribution in [2.75, 3.05) is 0 Å². The van der Waals surface area contributed by atoms with E-state index >= 15 is 0 Å². The third-order valence-electron chi connectivity index (χ3n) is 4.03. The van der Waals surface area contributed by atoms with Crippen molar-refractivity contribution in [1.29, 1.82) is 0 Å². The van der Waals surface area contributed by atoms with E-state index in [1.165, 1.54) is 6.92 Å². The van der Waals surface area contributed by atoms with E-state index in [0.29, 0.717) is 0 Å². The number of carbonyl (C=O) groups is 1. The van der Waals surface area contributed by atoms with Gasteiger partial charge in [0.05, 0.1) is 12.2 Å². The van der Waals surface area contributed by atoms with Crippen LogP contribution in [0.2, 0.25) is 18.1 Å². The number of aliphatic hydroxyl groups is 2. The number of hydrogen-bond donors (Lipinski definition) is 3. The van der Waals surface area contributed by atoms with Gasteiger partial charge in [0.25, 0.3) is 0 Å². The van der Waals surface area contributed by atoms with E-state index in [9.17, 15) is 15.0 Å². The summed E-state index contributed by atoms with van der Waals surface area (Å²) in [5.74, 6) is -1.10. The lowest BCUT2D eigenvalue weighted by Gasteiger charge is -2.39. The third-order valence-corrected chi connectivity index (χ3v) is 8.63. The maximum Gasteiger partial charge on any atom is 0.331 e. The van der Waals surface area contributed by atoms with Gasteiger partial charge < -0.3 is 19.7 Å². The number of aliphatic hydroxyl groups excluding tert-OH is 2. The van der Waals surface area contributed by atoms with Crippen molar-refractivity contribution in [2.45, 2.75) is 77.5 Å². The minimum atomic E-state index is -1.92. The second-order valence-corrected chi connectivity index (χ2v) is 11.9. The Hall–Kier alpha value is -0.693. The van der Waals surface area contributed by atoms with Crippen LogP contribution in [0.5, 0.6) is 0 Å². The van der Waals surface area contributed by atoms with Crippen molar-refractivity contribution < 1.29 is 24.5 Å². The van der Waals surface area contributed by atoms with Gasteiger partial charge in [-0.2, -0.15) is 0 Å². The van der Waals surface area contributed by atoms with Gasteiger partial charge in [-0.3, -0.25) is 0 Å². The average Bonchev–Trinajstić information content (AvgIpc) is 2.25. The topological polar surface area (TPSA) is 87.0 Å². The zero-order chi connectivity index (χ0) is 17.0. The summed E-state index contributed by atoms with van der Waals surface area (Å²) in [5.41, 5.74) is 0.0134. The highest BCUT2D eigenvalue weighted by Crippen LogP contribution is 2.37. The molecule has 3 atom stereocenters. The van der Waals surface area contributed by atoms with E-state index in [1.807, 2.05) is 6.92 Å². The van der Waals surface area contributed by atoms with Gasteiger partial charge in [0, 0.05) is 18.1 Å². The number of hydrogen-bond acceptors (Lipinski definition) is 4. The Kier molecular flexibility index (Phi) is 7.28. The third kappa shape index (κ3) is 6.73. The maximum absolute atomic E-state index is 10.7. The van der Waals surface area contributed by atoms with Crippen LogP contribution in [0.1, 0.15) is 41.0 Å². The van der Waals surface area contributed by atoms with E-state index in [4.69, 9.17) is 9.53 Å². The van der Waals surface area contributed by atoms with Crippen LogP contribution in [0.15, 0.2) is 11.6 Å². The first-order chi connectivity index (χ1) is 9.28. The summed E-state index contributed by atoms with van der Waals surface area (Å²) in [6, 6.07) is 0. The first kappa shape index (κ1) is 20.3. The van der Waals surface area contributed by atoms with E-state index in [-0.39, 0.29) is 23.1 Å². The highest BCUT2D eigenvalue weighted by molar-refractivity contribution is 6.74. The van der Waals surface area contributed by atoms with Gasteiger partial charge >= 0.3 is 5.97 Å². The molecule has 0 aromatic heterocycles. The number of aliphatic carboxylic acids is 1. The molecule has 5 nitrogen and oxygen atoms in total. The van der Waals surface area contributed by atoms with Gasteiger partial charge in [-0.25, -0.2) is 4.79 Å². The molecule has 0 aliphatic carbocycles. The first-order valence-electron chi connectivity index (χ1n) is 7.23. The molecule has 0 bridgehead atoms. The van der Waals surface area contributed by atoms with Crippen LogP contribution < -0.4 is 0 Å². The summed E-state index contributed by atoms with van der Waals surface area (Å²) >= 11 is 0. The van der Waals surface area contributed by atoms with E-state index in [2.05, 4.69) is 33.9 Å². The van der Waals surface area contributed by atoms with Crippen molar-refractivity contribution >= 4 is 14.3 Å². The van der Waals surface area contributed by atoms with Crippen molar-refractivity contribution in [2.24, 2.45) is 0 Å². The van der Waals surface area contributed by atoms with Crippen LogP contribution in [0, 0.1) is 0 Å². The normalized spacial score (nSPS) is 18.2. The quantitative estimate of drug-likeness (QED) is 0.496. The molecular formula is C15H30O5Si. The molecule has 0 fully saturated rings. The zero-order valence-electron chi connectivity index (χ0n) is 14.2. The summed E-state index contributed by atoms with van der Waals surface area (Å²) in [6.07, 6.45) is -1.02. The summed E-state index contributed by atoms with van der Waals surface area (Å²) in [7, 11) is -1.92. The lowest BCUT2D eigenvalue weighted by Crippen LogP contribution is -2.44. The fourth-order valence-electron chi connectivity index (χ4n) is 1.65. The molecule has 0 saturated carbocycles. The van der Waals surface area contributed by atoms with Crippen molar-refractivity contribution in [3.8, 4) is 0 Å². The minimum absolute atomic E-state index is 0.0134. The maximum atomic E-state index is 10.7. The summed E-state index contributed by atoms with van der Waals surface area (Å²) in [4.78, 5) is 10.7. The molecule has 6 heteroatoms. The molecule has 21 heavy (non-hydrogen) atoms. The Morgan fingerprint density at radius 2 is 1.76 bits per heavy atom. The first-order valence-corrected chi connectivity index (χ1v) is 10.1. The van der Waals surface area contributed by atoms with Crippen molar-refractivity contribution in [3.05, 3.63) is 11.6 Å². The second kappa shape index (κ2) is 7.53. The Morgan fingerprint density at radius 1 is 1.29 bits per heavy atom. The predicted molar refractivity (Wildman–Crippen MR) is 85.8 cm³/mol. The minimum Gasteiger partial charge on any atom is -0.478 e. The van der Waals surface area contributed by atoms with Crippen LogP contribution in [0.4, 0.5) is 0 Å². The average molecular weight is 318 g/mol. The molecule has 0 aromatic rings. The molecule has 0 aliphatic rings. The van der Waals surface area contributed by atoms with E-state index in [1.54, 1.807) is 0 Å². The molecule has 0 amide bonds. The fraction of sp³-hybridized carbons (Fsp3) is 0.800. The highest BCUT2D eigenvalue weighted by Gasteiger charge is 2.38. The Morgan fingerprint density at radius 3 is 2.14 bits per heavy atom. The Bertz CT molecular complexity index is 384. The second-order valence-electron chi connectivity index (χ2n) is 7.14. The van der Waals surface area contributed by atoms with Gasteiger partial charge in [0.2, 0.25) is 0 Å². The molecule has 0 saturated heterocycles. The van der Waals surface area contributed by atoms with E-state index < -0.39 is 26.5 Å². The monoisotopic (exact) mass is 318 g/mol. The van der Waals surface area contributed by atoms with Crippen LogP contribution in [-0.4, -0.2) is 47.9 Å². The number of carboxylic acid groups (broad SMARTS) is 1. The van der Waals surface area contributed by atoms with Gasteiger partial charge in [-0.1, -0.05) is 20.8 Å². The molecule has 3 N–H and O–H groups in total. The van der Waals surface area contributed by atoms with E-state index in [0.717, 1.165) is 6.08 Å². The van der Waals surface area contributed by atoms with Crippen molar-refractivity contribution in [3.63, 3.8) is 0 Å². The summed E-state index contributed by atoms with van der Waals surface area (Å²) < 4.78 is 6.11. The Labute approximate surface area is 128 Å². The van der Waals surface area contributed by atoms with Crippen LogP contribution in [0.3, 0.4) is 0 Å². The lowest BCUT2D eigenvalue weighted by atomic mass is 10.1. The summed E-state index contributed by atoms with van der Waals surface area (Å²) in [5, 5.41) is 28.6. The molecule has 0 radical (unpaired) electrons. The smallest absolute Gasteiger partial charge is 0.331 e. The molecule has 0 heterocycles. The molecular weight excluding hydrogens is 288 g/mol. The molecule has 0 aromatic carbocycles. The fourth-order valence-corrected chi connectivity index (χ4v) is 3.10. The Balaban J connectivity index is 4.62. The van der Waals surface area contributed by atoms with Crippen LogP contribution in [0.25, 0.3) is 0 Å². The zero-order valence-corrected chi connectivity index (χ0v) is 15.2. The highest BCUT2D eigenvalue weighted by atomic mass is 28.4. The summed E-state index contributed by atoms with van der Waals surface area (Å²) in [6.45, 7) is 13.9. The molecule has 3 unspecified atom stereocenters. The molecule has 0 rings (SSSR count). The molecule has 124 valence electrons. The van der Waals surface area contributed by atoms with Gasteiger partial charge in [0.1, 0.15) is 0 Å². The van der Waals surface area contributed by atoms with Crippen LogP contribution >= 0.6 is 0 Å². The molecule has 0 spiro atoms. The van der Waals surface area contributed by atoms with Crippen molar-refractivity contribution in [1.82, 2.24) is 0 Å². The van der Waals surface area contributed by atoms with Gasteiger partial charge in [-0.15, -0.1) is 0 Å². The van der Waals surface area contributed by atoms with Gasteiger partial charge in [-0.05, 0) is 38.1 Å². The largest absolute Gasteiger partial charge is 0.478 e. The lowest BCUT2D eigenvalue weighted by molar-refractivity contribution is -0.132. The standard InChI is InChI=1S/C15H30O5Si/c1-10(14(18)19)8-12(16)13(17)9-11(2)20-21(6,7)15(3,4)5/h8,11-13,16-17H,9H2,1-7H3,(H,18,19). The predicted octanol–water partition coefficient (Wildman–Crippen LogP) is 2.54. The van der Waals surface area contributed by atoms with Gasteiger partial charge in [0.15, 0.2) is 8.32 Å². The SMILES string of the molecule is CC(=CC(O)C(O)CC(C)O[Si](C)(C)C(C)(C)C)C(=O)O. The molecule has 0 aliphatic heterocycles. The number of rotatable bonds is 7. The van der Waals surface area contributed by atoms with Crippen LogP contribution in [-0.2, 0) is 9.22 Å².